The van der Waals surface area contributed by atoms with Crippen LogP contribution >= 0.6 is 0 Å². The molecule has 0 unspecified atom stereocenters. The minimum Gasteiger partial charge on any atom is -0.469 e. The Kier molecular flexibility index (Phi) is 8.68. The summed E-state index contributed by atoms with van der Waals surface area (Å²) in [6.07, 6.45) is 8.13. The summed E-state index contributed by atoms with van der Waals surface area (Å²) in [5.74, 6) is -0.243. The van der Waals surface area contributed by atoms with Crippen LogP contribution in [0.15, 0.2) is 42.5 Å². The van der Waals surface area contributed by atoms with Gasteiger partial charge in [-0.1, -0.05) is 63.3 Å². The van der Waals surface area contributed by atoms with Crippen molar-refractivity contribution in [1.29, 1.82) is 0 Å². The third-order valence-corrected chi connectivity index (χ3v) is 10.6. The van der Waals surface area contributed by atoms with Gasteiger partial charge in [-0.05, 0) is 49.4 Å². The number of hydrogen-bond acceptors (Lipinski definition) is 4. The SMILES string of the molecule is COC(=O)C[C@@H]1O[C@@H](/C=C/CCc2ccccc2)CC[C@@H]1O[Si](C)(C)C(C)(C)C. The van der Waals surface area contributed by atoms with Crippen LogP contribution in [0.5, 0.6) is 0 Å². The second-order valence-corrected chi connectivity index (χ2v) is 14.2. The summed E-state index contributed by atoms with van der Waals surface area (Å²) < 4.78 is 17.8. The highest BCUT2D eigenvalue weighted by atomic mass is 28.4. The summed E-state index contributed by atoms with van der Waals surface area (Å²) in [4.78, 5) is 11.9. The van der Waals surface area contributed by atoms with Gasteiger partial charge in [0.15, 0.2) is 8.32 Å². The predicted molar refractivity (Wildman–Crippen MR) is 121 cm³/mol. The van der Waals surface area contributed by atoms with E-state index in [-0.39, 0.29) is 35.7 Å². The van der Waals surface area contributed by atoms with Crippen molar-refractivity contribution in [3.05, 3.63) is 48.0 Å². The summed E-state index contributed by atoms with van der Waals surface area (Å²) in [6.45, 7) is 11.2. The van der Waals surface area contributed by atoms with E-state index in [1.165, 1.54) is 12.7 Å². The van der Waals surface area contributed by atoms with Crippen molar-refractivity contribution in [2.24, 2.45) is 0 Å². The van der Waals surface area contributed by atoms with Gasteiger partial charge in [0.2, 0.25) is 0 Å². The maximum atomic E-state index is 11.9. The molecule has 5 heteroatoms. The predicted octanol–water partition coefficient (Wildman–Crippen LogP) is 5.68. The summed E-state index contributed by atoms with van der Waals surface area (Å²) in [5.41, 5.74) is 1.34. The zero-order chi connectivity index (χ0) is 21.5. The number of carbonyl (C=O) groups is 1. The van der Waals surface area contributed by atoms with E-state index in [0.717, 1.165) is 25.7 Å². The summed E-state index contributed by atoms with van der Waals surface area (Å²) in [7, 11) is -0.510. The summed E-state index contributed by atoms with van der Waals surface area (Å²) in [6, 6.07) is 10.5. The molecule has 162 valence electrons. The van der Waals surface area contributed by atoms with Crippen LogP contribution in [0.25, 0.3) is 0 Å². The molecule has 0 amide bonds. The summed E-state index contributed by atoms with van der Waals surface area (Å²) >= 11 is 0. The van der Waals surface area contributed by atoms with Gasteiger partial charge in [-0.2, -0.15) is 0 Å². The molecule has 29 heavy (non-hydrogen) atoms. The zero-order valence-electron chi connectivity index (χ0n) is 18.9. The molecule has 1 saturated heterocycles. The van der Waals surface area contributed by atoms with Gasteiger partial charge in [0, 0.05) is 0 Å². The van der Waals surface area contributed by atoms with Crippen molar-refractivity contribution >= 4 is 14.3 Å². The fourth-order valence-corrected chi connectivity index (χ4v) is 4.68. The number of methoxy groups -OCH3 is 1. The van der Waals surface area contributed by atoms with E-state index in [1.54, 1.807) is 0 Å². The normalized spacial score (nSPS) is 23.3. The number of aryl methyl sites for hydroxylation is 1. The third kappa shape index (κ3) is 7.39. The van der Waals surface area contributed by atoms with E-state index in [4.69, 9.17) is 13.9 Å². The third-order valence-electron chi connectivity index (χ3n) is 6.14. The molecule has 4 nitrogen and oxygen atoms in total. The first-order valence-corrected chi connectivity index (χ1v) is 13.6. The number of allylic oxidation sites excluding steroid dienone is 1. The average molecular weight is 419 g/mol. The Labute approximate surface area is 177 Å². The van der Waals surface area contributed by atoms with Crippen LogP contribution in [0.2, 0.25) is 18.1 Å². The lowest BCUT2D eigenvalue weighted by atomic mass is 9.98. The molecule has 0 aliphatic carbocycles. The lowest BCUT2D eigenvalue weighted by molar-refractivity contribution is -0.151. The van der Waals surface area contributed by atoms with Crippen molar-refractivity contribution in [2.45, 2.75) is 89.3 Å². The van der Waals surface area contributed by atoms with E-state index >= 15 is 0 Å². The Bertz CT molecular complexity index is 663. The molecule has 0 spiro atoms. The topological polar surface area (TPSA) is 44.8 Å². The van der Waals surface area contributed by atoms with Crippen LogP contribution in [-0.2, 0) is 25.1 Å². The molecule has 2 rings (SSSR count). The molecule has 0 saturated carbocycles. The van der Waals surface area contributed by atoms with Gasteiger partial charge in [0.25, 0.3) is 0 Å². The van der Waals surface area contributed by atoms with Crippen LogP contribution in [0, 0.1) is 0 Å². The molecule has 1 aliphatic heterocycles. The maximum absolute atomic E-state index is 11.9. The van der Waals surface area contributed by atoms with Gasteiger partial charge in [0.05, 0.1) is 31.8 Å². The van der Waals surface area contributed by atoms with Crippen LogP contribution in [0.3, 0.4) is 0 Å². The van der Waals surface area contributed by atoms with E-state index in [2.05, 4.69) is 70.3 Å². The Balaban J connectivity index is 1.96. The van der Waals surface area contributed by atoms with Crippen molar-refractivity contribution in [3.63, 3.8) is 0 Å². The minimum atomic E-state index is -1.94. The summed E-state index contributed by atoms with van der Waals surface area (Å²) in [5, 5.41) is 0.122. The van der Waals surface area contributed by atoms with Gasteiger partial charge in [0.1, 0.15) is 0 Å². The van der Waals surface area contributed by atoms with Crippen LogP contribution < -0.4 is 0 Å². The Morgan fingerprint density at radius 2 is 1.90 bits per heavy atom. The molecule has 0 radical (unpaired) electrons. The Hall–Kier alpha value is -1.43. The van der Waals surface area contributed by atoms with Gasteiger partial charge in [-0.25, -0.2) is 0 Å². The lowest BCUT2D eigenvalue weighted by Gasteiger charge is -2.43. The molecule has 0 bridgehead atoms. The molecule has 1 aromatic rings. The van der Waals surface area contributed by atoms with Crippen molar-refractivity contribution < 1.29 is 18.7 Å². The van der Waals surface area contributed by atoms with E-state index in [0.29, 0.717) is 0 Å². The monoisotopic (exact) mass is 418 g/mol. The first-order chi connectivity index (χ1) is 13.6. The van der Waals surface area contributed by atoms with E-state index < -0.39 is 8.32 Å². The first kappa shape index (κ1) is 23.8. The van der Waals surface area contributed by atoms with Crippen LogP contribution in [0.4, 0.5) is 0 Å². The van der Waals surface area contributed by atoms with Crippen LogP contribution in [0.1, 0.15) is 52.0 Å². The van der Waals surface area contributed by atoms with Gasteiger partial charge < -0.3 is 13.9 Å². The molecule has 0 aromatic heterocycles. The zero-order valence-corrected chi connectivity index (χ0v) is 19.9. The van der Waals surface area contributed by atoms with E-state index in [9.17, 15) is 4.79 Å². The number of benzene rings is 1. The number of esters is 1. The standard InChI is InChI=1S/C24H38O4Si/c1-24(2,3)29(5,6)28-21-17-16-20(27-22(21)18-23(25)26-4)15-11-10-14-19-12-8-7-9-13-19/h7-9,11-13,15,20-22H,10,14,16-18H2,1-6H3/b15-11+/t20-,21-,22-/m0/s1. The largest absolute Gasteiger partial charge is 0.469 e. The molecule has 1 fully saturated rings. The molecule has 1 aliphatic rings. The number of hydrogen-bond donors (Lipinski definition) is 0. The highest BCUT2D eigenvalue weighted by Gasteiger charge is 2.43. The molecule has 1 heterocycles. The quantitative estimate of drug-likeness (QED) is 0.310. The second-order valence-electron chi connectivity index (χ2n) is 9.44. The van der Waals surface area contributed by atoms with Gasteiger partial charge >= 0.3 is 5.97 Å². The highest BCUT2D eigenvalue weighted by Crippen LogP contribution is 2.39. The van der Waals surface area contributed by atoms with E-state index in [1.807, 2.05) is 6.07 Å². The van der Waals surface area contributed by atoms with Crippen LogP contribution in [-0.4, -0.2) is 39.7 Å². The van der Waals surface area contributed by atoms with Crippen molar-refractivity contribution in [3.8, 4) is 0 Å². The van der Waals surface area contributed by atoms with Crippen molar-refractivity contribution in [1.82, 2.24) is 0 Å². The lowest BCUT2D eigenvalue weighted by Crippen LogP contribution is -2.50. The molecule has 3 atom stereocenters. The molecular formula is C24H38O4Si. The molecule has 1 aromatic carbocycles. The number of rotatable bonds is 8. The Morgan fingerprint density at radius 3 is 2.52 bits per heavy atom. The Morgan fingerprint density at radius 1 is 1.21 bits per heavy atom. The second kappa shape index (κ2) is 10.6. The number of carbonyl (C=O) groups excluding carboxylic acids is 1. The smallest absolute Gasteiger partial charge is 0.308 e. The fraction of sp³-hybridized carbons (Fsp3) is 0.625. The molecule has 0 N–H and O–H groups in total. The highest BCUT2D eigenvalue weighted by molar-refractivity contribution is 6.74. The molecular weight excluding hydrogens is 380 g/mol. The average Bonchev–Trinajstić information content (AvgIpc) is 2.66. The minimum absolute atomic E-state index is 0.0275. The van der Waals surface area contributed by atoms with Gasteiger partial charge in [-0.3, -0.25) is 4.79 Å². The van der Waals surface area contributed by atoms with Crippen molar-refractivity contribution in [2.75, 3.05) is 7.11 Å². The maximum Gasteiger partial charge on any atom is 0.308 e. The first-order valence-electron chi connectivity index (χ1n) is 10.7. The van der Waals surface area contributed by atoms with Gasteiger partial charge in [-0.15, -0.1) is 0 Å². The fourth-order valence-electron chi connectivity index (χ4n) is 3.30. The number of ether oxygens (including phenoxy) is 2.